The molecule has 0 fully saturated rings. The standard InChI is InChI=1S/C19H25NSi/c1-14(2)17-13-16(21(3,4)5)10-11-20-18-9-7-6-8-15(18)12-19(17)20/h6-14,17H,1-5H3. The van der Waals surface area contributed by atoms with Crippen molar-refractivity contribution < 1.29 is 0 Å². The van der Waals surface area contributed by atoms with Gasteiger partial charge in [0.1, 0.15) is 0 Å². The van der Waals surface area contributed by atoms with Crippen LogP contribution in [-0.4, -0.2) is 12.6 Å². The molecule has 1 atom stereocenters. The molecule has 2 heteroatoms. The molecule has 0 aliphatic carbocycles. The highest BCUT2D eigenvalue weighted by Gasteiger charge is 2.25. The molecule has 21 heavy (non-hydrogen) atoms. The molecule has 3 rings (SSSR count). The molecule has 0 amide bonds. The van der Waals surface area contributed by atoms with Crippen molar-refractivity contribution in [3.05, 3.63) is 53.4 Å². The summed E-state index contributed by atoms with van der Waals surface area (Å²) in [7, 11) is -1.30. The average Bonchev–Trinajstić information content (AvgIpc) is 2.63. The highest BCUT2D eigenvalue weighted by molar-refractivity contribution is 6.83. The van der Waals surface area contributed by atoms with Crippen molar-refractivity contribution in [3.8, 4) is 0 Å². The molecule has 1 unspecified atom stereocenters. The predicted octanol–water partition coefficient (Wildman–Crippen LogP) is 5.67. The summed E-state index contributed by atoms with van der Waals surface area (Å²) in [5, 5.41) is 2.90. The summed E-state index contributed by atoms with van der Waals surface area (Å²) < 4.78 is 2.39. The number of para-hydroxylation sites is 1. The Bertz CT molecular complexity index is 726. The molecule has 110 valence electrons. The normalized spacial score (nSPS) is 18.8. The quantitative estimate of drug-likeness (QED) is 0.629. The zero-order chi connectivity index (χ0) is 15.2. The summed E-state index contributed by atoms with van der Waals surface area (Å²) in [6.45, 7) is 11.9. The van der Waals surface area contributed by atoms with Crippen LogP contribution in [0, 0.1) is 5.92 Å². The largest absolute Gasteiger partial charge is 0.320 e. The maximum Gasteiger partial charge on any atom is 0.0772 e. The number of allylic oxidation sites excluding steroid dienone is 3. The number of hydrogen-bond acceptors (Lipinski definition) is 0. The third-order valence-corrected chi connectivity index (χ3v) is 6.53. The van der Waals surface area contributed by atoms with Gasteiger partial charge in [0.15, 0.2) is 0 Å². The van der Waals surface area contributed by atoms with Crippen molar-refractivity contribution >= 4 is 25.2 Å². The summed E-state index contributed by atoms with van der Waals surface area (Å²) >= 11 is 0. The Labute approximate surface area is 129 Å². The molecule has 0 N–H and O–H groups in total. The van der Waals surface area contributed by atoms with Gasteiger partial charge in [-0.15, -0.1) is 0 Å². The molecular weight excluding hydrogens is 270 g/mol. The first-order valence-corrected chi connectivity index (χ1v) is 11.4. The van der Waals surface area contributed by atoms with Gasteiger partial charge in [0, 0.05) is 23.2 Å². The zero-order valence-corrected chi connectivity index (χ0v) is 14.7. The Morgan fingerprint density at radius 2 is 1.81 bits per heavy atom. The Kier molecular flexibility index (Phi) is 3.44. The lowest BCUT2D eigenvalue weighted by Crippen LogP contribution is -2.23. The third-order valence-electron chi connectivity index (χ3n) is 4.47. The van der Waals surface area contributed by atoms with Crippen LogP contribution < -0.4 is 0 Å². The van der Waals surface area contributed by atoms with Crippen molar-refractivity contribution in [2.24, 2.45) is 5.92 Å². The van der Waals surface area contributed by atoms with E-state index < -0.39 is 8.07 Å². The van der Waals surface area contributed by atoms with Gasteiger partial charge in [-0.1, -0.05) is 63.0 Å². The van der Waals surface area contributed by atoms with Crippen molar-refractivity contribution in [1.29, 1.82) is 0 Å². The fourth-order valence-electron chi connectivity index (χ4n) is 3.14. The van der Waals surface area contributed by atoms with Crippen LogP contribution in [0.2, 0.25) is 19.6 Å². The van der Waals surface area contributed by atoms with E-state index in [9.17, 15) is 0 Å². The Morgan fingerprint density at radius 3 is 2.48 bits per heavy atom. The van der Waals surface area contributed by atoms with Crippen LogP contribution in [0.1, 0.15) is 25.5 Å². The highest BCUT2D eigenvalue weighted by Crippen LogP contribution is 2.36. The Hall–Kier alpha value is -1.54. The summed E-state index contributed by atoms with van der Waals surface area (Å²) in [6.07, 6.45) is 7.17. The van der Waals surface area contributed by atoms with Crippen LogP contribution in [0.15, 0.2) is 47.7 Å². The second-order valence-corrected chi connectivity index (χ2v) is 12.5. The molecule has 1 nitrogen and oxygen atoms in total. The molecule has 2 heterocycles. The molecular formula is C19H25NSi. The fraction of sp³-hybridized carbons (Fsp3) is 0.368. The van der Waals surface area contributed by atoms with Crippen molar-refractivity contribution in [3.63, 3.8) is 0 Å². The average molecular weight is 296 g/mol. The molecule has 1 aromatic heterocycles. The monoisotopic (exact) mass is 295 g/mol. The summed E-state index contributed by atoms with van der Waals surface area (Å²) in [4.78, 5) is 0. The maximum atomic E-state index is 2.53. The van der Waals surface area contributed by atoms with Crippen molar-refractivity contribution in [1.82, 2.24) is 4.57 Å². The minimum atomic E-state index is -1.30. The topological polar surface area (TPSA) is 4.93 Å². The molecule has 1 aliphatic heterocycles. The van der Waals surface area contributed by atoms with E-state index in [1.807, 2.05) is 0 Å². The van der Waals surface area contributed by atoms with E-state index in [-0.39, 0.29) is 0 Å². The number of rotatable bonds is 2. The molecule has 0 spiro atoms. The second kappa shape index (κ2) is 5.02. The molecule has 0 radical (unpaired) electrons. The molecule has 0 bridgehead atoms. The van der Waals surface area contributed by atoms with Gasteiger partial charge in [-0.2, -0.15) is 0 Å². The van der Waals surface area contributed by atoms with Crippen molar-refractivity contribution in [2.45, 2.75) is 39.4 Å². The fourth-order valence-corrected chi connectivity index (χ4v) is 4.40. The summed E-state index contributed by atoms with van der Waals surface area (Å²) in [5.41, 5.74) is 2.75. The van der Waals surface area contributed by atoms with Crippen LogP contribution >= 0.6 is 0 Å². The van der Waals surface area contributed by atoms with Gasteiger partial charge in [0.25, 0.3) is 0 Å². The van der Waals surface area contributed by atoms with E-state index in [2.05, 4.69) is 86.7 Å². The van der Waals surface area contributed by atoms with Gasteiger partial charge in [-0.05, 0) is 24.1 Å². The lowest BCUT2D eigenvalue weighted by Gasteiger charge is -2.22. The van der Waals surface area contributed by atoms with Crippen LogP contribution in [0.4, 0.5) is 0 Å². The first-order chi connectivity index (χ1) is 9.88. The van der Waals surface area contributed by atoms with E-state index >= 15 is 0 Å². The smallest absolute Gasteiger partial charge is 0.0772 e. The molecule has 0 saturated carbocycles. The number of nitrogens with zero attached hydrogens (tertiary/aromatic N) is 1. The number of hydrogen-bond donors (Lipinski definition) is 0. The van der Waals surface area contributed by atoms with Crippen molar-refractivity contribution in [2.75, 3.05) is 0 Å². The maximum absolute atomic E-state index is 2.53. The van der Waals surface area contributed by atoms with Gasteiger partial charge in [0.2, 0.25) is 0 Å². The minimum Gasteiger partial charge on any atom is -0.320 e. The lowest BCUT2D eigenvalue weighted by molar-refractivity contribution is 0.563. The first-order valence-electron chi connectivity index (χ1n) is 7.88. The van der Waals surface area contributed by atoms with Gasteiger partial charge >= 0.3 is 0 Å². The second-order valence-electron chi connectivity index (χ2n) is 7.46. The van der Waals surface area contributed by atoms with Crippen LogP contribution in [0.3, 0.4) is 0 Å². The van der Waals surface area contributed by atoms with E-state index in [1.54, 1.807) is 5.20 Å². The van der Waals surface area contributed by atoms with Crippen LogP contribution in [0.5, 0.6) is 0 Å². The zero-order valence-electron chi connectivity index (χ0n) is 13.7. The van der Waals surface area contributed by atoms with E-state index in [0.29, 0.717) is 11.8 Å². The molecule has 2 aromatic rings. The van der Waals surface area contributed by atoms with E-state index in [4.69, 9.17) is 0 Å². The van der Waals surface area contributed by atoms with Crippen LogP contribution in [0.25, 0.3) is 17.1 Å². The van der Waals surface area contributed by atoms with Gasteiger partial charge < -0.3 is 4.57 Å². The first kappa shape index (κ1) is 14.4. The van der Waals surface area contributed by atoms with E-state index in [1.165, 1.54) is 16.6 Å². The minimum absolute atomic E-state index is 0.495. The van der Waals surface area contributed by atoms with Gasteiger partial charge in [0.05, 0.1) is 13.6 Å². The number of aromatic nitrogens is 1. The Balaban J connectivity index is 2.23. The summed E-state index contributed by atoms with van der Waals surface area (Å²) in [5.74, 6) is 1.11. The third kappa shape index (κ3) is 2.53. The Morgan fingerprint density at radius 1 is 1.10 bits per heavy atom. The van der Waals surface area contributed by atoms with Gasteiger partial charge in [-0.25, -0.2) is 0 Å². The molecule has 0 saturated heterocycles. The highest BCUT2D eigenvalue weighted by atomic mass is 28.3. The molecule has 1 aromatic carbocycles. The number of benzene rings is 1. The lowest BCUT2D eigenvalue weighted by atomic mass is 9.92. The molecule has 1 aliphatic rings. The summed E-state index contributed by atoms with van der Waals surface area (Å²) in [6, 6.07) is 11.1. The van der Waals surface area contributed by atoms with Crippen LogP contribution in [-0.2, 0) is 0 Å². The SMILES string of the molecule is CC(C)C1C=C([Si](C)(C)C)C=Cn2c1cc1ccccc12. The number of fused-ring (bicyclic) bond motifs is 3. The van der Waals surface area contributed by atoms with E-state index in [0.717, 1.165) is 0 Å². The van der Waals surface area contributed by atoms with Gasteiger partial charge in [-0.3, -0.25) is 0 Å². The predicted molar refractivity (Wildman–Crippen MR) is 96.3 cm³/mol.